The first-order valence-electron chi connectivity index (χ1n) is 5.77. The lowest BCUT2D eigenvalue weighted by Crippen LogP contribution is -3.00. The molecule has 2 aromatic carbocycles. The number of rotatable bonds is 3. The number of nitrogens with two attached hydrogens (primary N) is 1. The van der Waals surface area contributed by atoms with Crippen LogP contribution in [0, 0.1) is 0 Å². The fourth-order valence-corrected chi connectivity index (χ4v) is 3.22. The monoisotopic (exact) mass is 380 g/mol. The summed E-state index contributed by atoms with van der Waals surface area (Å²) < 4.78 is 0. The third-order valence-electron chi connectivity index (χ3n) is 2.57. The zero-order valence-corrected chi connectivity index (χ0v) is 14.6. The molecule has 21 heavy (non-hydrogen) atoms. The lowest BCUT2D eigenvalue weighted by atomic mass is 10.2. The van der Waals surface area contributed by atoms with E-state index >= 15 is 0 Å². The van der Waals surface area contributed by atoms with E-state index in [2.05, 4.69) is 4.99 Å². The molecule has 2 aromatic rings. The Balaban J connectivity index is 0.00000220. The Morgan fingerprint density at radius 3 is 2.14 bits per heavy atom. The predicted octanol–water partition coefficient (Wildman–Crippen LogP) is 0.611. The second-order valence-electron chi connectivity index (χ2n) is 3.96. The summed E-state index contributed by atoms with van der Waals surface area (Å²) in [5, 5.41) is 2.42. The molecular weight excluding hydrogens is 370 g/mol. The van der Waals surface area contributed by atoms with Crippen LogP contribution in [-0.2, 0) is 5.75 Å². The molecule has 0 unspecified atom stereocenters. The molecule has 0 saturated carbocycles. The van der Waals surface area contributed by atoms with Crippen LogP contribution in [0.15, 0.2) is 42.5 Å². The number of amidine groups is 1. The molecule has 0 atom stereocenters. The van der Waals surface area contributed by atoms with Crippen molar-refractivity contribution >= 4 is 57.4 Å². The third kappa shape index (κ3) is 5.28. The van der Waals surface area contributed by atoms with E-state index in [-0.39, 0.29) is 12.4 Å². The van der Waals surface area contributed by atoms with Crippen molar-refractivity contribution < 1.29 is 17.4 Å². The molecule has 7 heteroatoms. The number of halogens is 4. The van der Waals surface area contributed by atoms with Gasteiger partial charge in [-0.05, 0) is 41.6 Å². The summed E-state index contributed by atoms with van der Waals surface area (Å²) in [5.41, 5.74) is 7.58. The van der Waals surface area contributed by atoms with Crippen molar-refractivity contribution in [2.45, 2.75) is 5.75 Å². The van der Waals surface area contributed by atoms with E-state index in [1.54, 1.807) is 18.2 Å². The maximum atomic E-state index is 6.11. The Labute approximate surface area is 149 Å². The molecule has 3 N–H and O–H groups in total. The summed E-state index contributed by atoms with van der Waals surface area (Å²) >= 11 is 19.7. The summed E-state index contributed by atoms with van der Waals surface area (Å²) in [6.45, 7) is 0. The van der Waals surface area contributed by atoms with Crippen LogP contribution in [0.1, 0.15) is 5.56 Å². The minimum absolute atomic E-state index is 0. The lowest BCUT2D eigenvalue weighted by molar-refractivity contribution is -0.350. The largest absolute Gasteiger partial charge is 1.00 e. The summed E-state index contributed by atoms with van der Waals surface area (Å²) in [6.07, 6.45) is 0. The second kappa shape index (κ2) is 8.76. The number of hydrogen-bond acceptors (Lipinski definition) is 1. The molecule has 0 aliphatic rings. The van der Waals surface area contributed by atoms with Gasteiger partial charge >= 0.3 is 5.17 Å². The number of nitrogens with one attached hydrogen (secondary N) is 1. The molecule has 0 fully saturated rings. The van der Waals surface area contributed by atoms with E-state index in [1.807, 2.05) is 24.3 Å². The first-order valence-corrected chi connectivity index (χ1v) is 7.89. The Kier molecular flexibility index (Phi) is 7.71. The predicted molar refractivity (Wildman–Crippen MR) is 89.0 cm³/mol. The fourth-order valence-electron chi connectivity index (χ4n) is 1.55. The SMILES string of the molecule is NC(=[NH+]c1ccccc1Cl)SCc1c(Cl)cccc1Cl.[Cl-]. The molecule has 0 amide bonds. The quantitative estimate of drug-likeness (QED) is 0.604. The maximum Gasteiger partial charge on any atom is 0.307 e. The highest BCUT2D eigenvalue weighted by Gasteiger charge is 2.09. The van der Waals surface area contributed by atoms with Gasteiger partial charge in [-0.1, -0.05) is 53.0 Å². The molecule has 0 aliphatic carbocycles. The normalized spacial score (nSPS) is 11.1. The van der Waals surface area contributed by atoms with E-state index in [0.29, 0.717) is 26.0 Å². The molecule has 0 bridgehead atoms. The van der Waals surface area contributed by atoms with Gasteiger partial charge in [0.05, 0.1) is 5.02 Å². The highest BCUT2D eigenvalue weighted by atomic mass is 35.5. The van der Waals surface area contributed by atoms with Crippen molar-refractivity contribution in [2.75, 3.05) is 0 Å². The first kappa shape index (κ1) is 18.5. The van der Waals surface area contributed by atoms with Crippen LogP contribution in [-0.4, -0.2) is 5.17 Å². The third-order valence-corrected chi connectivity index (χ3v) is 4.45. The van der Waals surface area contributed by atoms with Gasteiger partial charge < -0.3 is 12.4 Å². The van der Waals surface area contributed by atoms with E-state index in [4.69, 9.17) is 40.5 Å². The molecule has 0 heterocycles. The Morgan fingerprint density at radius 2 is 1.52 bits per heavy atom. The number of para-hydroxylation sites is 1. The van der Waals surface area contributed by atoms with Gasteiger partial charge in [-0.25, -0.2) is 4.99 Å². The van der Waals surface area contributed by atoms with Gasteiger partial charge in [0.15, 0.2) is 0 Å². The Morgan fingerprint density at radius 1 is 0.952 bits per heavy atom. The molecule has 0 aromatic heterocycles. The summed E-state index contributed by atoms with van der Waals surface area (Å²) in [5.74, 6) is 0.585. The van der Waals surface area contributed by atoms with Crippen LogP contribution in [0.5, 0.6) is 0 Å². The number of thioether (sulfide) groups is 1. The number of hydrogen-bond donors (Lipinski definition) is 2. The van der Waals surface area contributed by atoms with Gasteiger partial charge in [0.25, 0.3) is 0 Å². The molecular formula is C14H12Cl4N2S. The minimum atomic E-state index is 0. The van der Waals surface area contributed by atoms with Crippen molar-refractivity contribution in [3.63, 3.8) is 0 Å². The topological polar surface area (TPSA) is 40.0 Å². The lowest BCUT2D eigenvalue weighted by Gasteiger charge is -2.04. The van der Waals surface area contributed by atoms with Gasteiger partial charge in [0, 0.05) is 15.8 Å². The Hall–Kier alpha value is -0.580. The van der Waals surface area contributed by atoms with Crippen LogP contribution in [0.2, 0.25) is 15.1 Å². The second-order valence-corrected chi connectivity index (χ2v) is 6.20. The minimum Gasteiger partial charge on any atom is -1.00 e. The average Bonchev–Trinajstić information content (AvgIpc) is 2.41. The molecule has 0 saturated heterocycles. The number of benzene rings is 2. The van der Waals surface area contributed by atoms with Gasteiger partial charge in [0.1, 0.15) is 5.69 Å². The summed E-state index contributed by atoms with van der Waals surface area (Å²) in [4.78, 5) is 3.06. The average molecular weight is 382 g/mol. The molecule has 112 valence electrons. The van der Waals surface area contributed by atoms with Crippen molar-refractivity contribution in [3.8, 4) is 0 Å². The van der Waals surface area contributed by atoms with Crippen LogP contribution in [0.25, 0.3) is 0 Å². The van der Waals surface area contributed by atoms with Crippen LogP contribution >= 0.6 is 46.6 Å². The van der Waals surface area contributed by atoms with Crippen molar-refractivity contribution in [1.82, 2.24) is 0 Å². The van der Waals surface area contributed by atoms with Crippen molar-refractivity contribution in [3.05, 3.63) is 63.1 Å². The summed E-state index contributed by atoms with van der Waals surface area (Å²) in [7, 11) is 0. The van der Waals surface area contributed by atoms with Gasteiger partial charge in [-0.15, -0.1) is 0 Å². The molecule has 0 spiro atoms. The highest BCUT2D eigenvalue weighted by Crippen LogP contribution is 2.27. The van der Waals surface area contributed by atoms with Gasteiger partial charge in [-0.3, -0.25) is 5.73 Å². The standard InChI is InChI=1S/C14H11Cl3N2S.ClH/c15-10-5-3-6-11(16)9(10)8-20-14(18)19-13-7-2-1-4-12(13)17;/h1-7H,8H2,(H2,18,19);1H. The molecule has 0 radical (unpaired) electrons. The zero-order chi connectivity index (χ0) is 14.5. The molecule has 2 nitrogen and oxygen atoms in total. The maximum absolute atomic E-state index is 6.11. The van der Waals surface area contributed by atoms with Crippen molar-refractivity contribution in [1.29, 1.82) is 0 Å². The fraction of sp³-hybridized carbons (Fsp3) is 0.0714. The molecule has 0 aliphatic heterocycles. The Bertz CT molecular complexity index is 626. The van der Waals surface area contributed by atoms with Gasteiger partial charge in [0.2, 0.25) is 0 Å². The van der Waals surface area contributed by atoms with E-state index in [1.165, 1.54) is 11.8 Å². The smallest absolute Gasteiger partial charge is 0.307 e. The highest BCUT2D eigenvalue weighted by molar-refractivity contribution is 8.12. The molecule has 2 rings (SSSR count). The van der Waals surface area contributed by atoms with E-state index in [9.17, 15) is 0 Å². The zero-order valence-electron chi connectivity index (χ0n) is 10.7. The summed E-state index contributed by atoms with van der Waals surface area (Å²) in [6, 6.07) is 12.8. The van der Waals surface area contributed by atoms with E-state index < -0.39 is 0 Å². The van der Waals surface area contributed by atoms with Crippen LogP contribution in [0.3, 0.4) is 0 Å². The van der Waals surface area contributed by atoms with Gasteiger partial charge in [-0.2, -0.15) is 0 Å². The van der Waals surface area contributed by atoms with Crippen LogP contribution in [0.4, 0.5) is 5.69 Å². The first-order chi connectivity index (χ1) is 9.58. The van der Waals surface area contributed by atoms with Crippen molar-refractivity contribution in [2.24, 2.45) is 5.73 Å². The van der Waals surface area contributed by atoms with E-state index in [0.717, 1.165) is 11.3 Å². The van der Waals surface area contributed by atoms with Crippen LogP contribution < -0.4 is 23.1 Å².